The van der Waals surface area contributed by atoms with Crippen molar-refractivity contribution in [3.63, 3.8) is 0 Å². The summed E-state index contributed by atoms with van der Waals surface area (Å²) in [6.07, 6.45) is -3.46. The summed E-state index contributed by atoms with van der Waals surface area (Å²) in [7, 11) is 0. The van der Waals surface area contributed by atoms with E-state index in [1.54, 1.807) is 6.92 Å². The van der Waals surface area contributed by atoms with Crippen molar-refractivity contribution in [3.8, 4) is 11.8 Å². The van der Waals surface area contributed by atoms with Crippen molar-refractivity contribution in [2.75, 3.05) is 6.61 Å². The number of ether oxygens (including phenoxy) is 2. The summed E-state index contributed by atoms with van der Waals surface area (Å²) in [5.74, 6) is -1.39. The highest BCUT2D eigenvalue weighted by atomic mass is 19.3. The SMILES string of the molecule is CCOC(=O)Cc1cc(OC(F)F)c(C#N)c(C(F)F)c1. The molecular formula is C13H11F4NO3. The first-order chi connectivity index (χ1) is 9.88. The van der Waals surface area contributed by atoms with Crippen LogP contribution in [-0.2, 0) is 16.0 Å². The zero-order valence-electron chi connectivity index (χ0n) is 10.9. The second-order valence-electron chi connectivity index (χ2n) is 3.83. The van der Waals surface area contributed by atoms with Crippen molar-refractivity contribution in [2.24, 2.45) is 0 Å². The van der Waals surface area contributed by atoms with E-state index in [-0.39, 0.29) is 12.2 Å². The van der Waals surface area contributed by atoms with E-state index >= 15 is 0 Å². The first kappa shape index (κ1) is 16.8. The molecule has 1 rings (SSSR count). The number of rotatable bonds is 6. The van der Waals surface area contributed by atoms with Crippen LogP contribution in [0.25, 0.3) is 0 Å². The van der Waals surface area contributed by atoms with Gasteiger partial charge in [-0.15, -0.1) is 0 Å². The maximum absolute atomic E-state index is 12.9. The summed E-state index contributed by atoms with van der Waals surface area (Å²) >= 11 is 0. The van der Waals surface area contributed by atoms with Crippen LogP contribution in [0.2, 0.25) is 0 Å². The fourth-order valence-electron chi connectivity index (χ4n) is 1.66. The molecule has 0 unspecified atom stereocenters. The molecule has 1 aromatic carbocycles. The van der Waals surface area contributed by atoms with Gasteiger partial charge in [0, 0.05) is 5.56 Å². The van der Waals surface area contributed by atoms with E-state index < -0.39 is 42.3 Å². The molecule has 0 aliphatic rings. The van der Waals surface area contributed by atoms with E-state index in [0.29, 0.717) is 0 Å². The predicted molar refractivity (Wildman–Crippen MR) is 63.1 cm³/mol. The van der Waals surface area contributed by atoms with Crippen LogP contribution in [0, 0.1) is 11.3 Å². The Morgan fingerprint density at radius 3 is 2.48 bits per heavy atom. The van der Waals surface area contributed by atoms with Crippen LogP contribution in [0.5, 0.6) is 5.75 Å². The van der Waals surface area contributed by atoms with Crippen LogP contribution in [-0.4, -0.2) is 19.2 Å². The molecule has 4 nitrogen and oxygen atoms in total. The van der Waals surface area contributed by atoms with Crippen molar-refractivity contribution in [3.05, 3.63) is 28.8 Å². The number of esters is 1. The lowest BCUT2D eigenvalue weighted by Crippen LogP contribution is -2.10. The number of carbonyl (C=O) groups excluding carboxylic acids is 1. The second kappa shape index (κ2) is 7.47. The Morgan fingerprint density at radius 1 is 1.33 bits per heavy atom. The van der Waals surface area contributed by atoms with Gasteiger partial charge in [0.05, 0.1) is 13.0 Å². The van der Waals surface area contributed by atoms with Gasteiger partial charge in [-0.3, -0.25) is 4.79 Å². The monoisotopic (exact) mass is 305 g/mol. The van der Waals surface area contributed by atoms with Gasteiger partial charge in [-0.25, -0.2) is 8.78 Å². The van der Waals surface area contributed by atoms with Crippen molar-refractivity contribution >= 4 is 5.97 Å². The number of alkyl halides is 4. The molecule has 1 aromatic rings. The second-order valence-corrected chi connectivity index (χ2v) is 3.83. The van der Waals surface area contributed by atoms with E-state index in [1.807, 2.05) is 0 Å². The number of halogens is 4. The van der Waals surface area contributed by atoms with Crippen LogP contribution < -0.4 is 4.74 Å². The molecule has 0 saturated heterocycles. The standard InChI is InChI=1S/C13H11F4NO3/c1-2-20-11(19)5-7-3-8(12(14)15)9(6-18)10(4-7)21-13(16)17/h3-4,12-13H,2,5H2,1H3. The smallest absolute Gasteiger partial charge is 0.387 e. The highest BCUT2D eigenvalue weighted by molar-refractivity contribution is 5.73. The number of carbonyl (C=O) groups is 1. The molecule has 0 atom stereocenters. The highest BCUT2D eigenvalue weighted by Crippen LogP contribution is 2.32. The summed E-state index contributed by atoms with van der Waals surface area (Å²) < 4.78 is 59.0. The Morgan fingerprint density at radius 2 is 2.00 bits per heavy atom. The Balaban J connectivity index is 3.25. The van der Waals surface area contributed by atoms with Gasteiger partial charge in [0.1, 0.15) is 17.4 Å². The van der Waals surface area contributed by atoms with Gasteiger partial charge in [-0.05, 0) is 24.6 Å². The van der Waals surface area contributed by atoms with Crippen LogP contribution >= 0.6 is 0 Å². The molecule has 0 aliphatic carbocycles. The number of hydrogen-bond acceptors (Lipinski definition) is 4. The van der Waals surface area contributed by atoms with Crippen LogP contribution in [0.3, 0.4) is 0 Å². The van der Waals surface area contributed by atoms with Gasteiger partial charge in [-0.2, -0.15) is 14.0 Å². The van der Waals surface area contributed by atoms with Crippen LogP contribution in [0.4, 0.5) is 17.6 Å². The molecule has 0 fully saturated rings. The summed E-state index contributed by atoms with van der Waals surface area (Å²) in [4.78, 5) is 11.3. The van der Waals surface area contributed by atoms with Crippen molar-refractivity contribution < 1.29 is 31.8 Å². The fraction of sp³-hybridized carbons (Fsp3) is 0.385. The number of benzene rings is 1. The molecule has 0 N–H and O–H groups in total. The number of hydrogen-bond donors (Lipinski definition) is 0. The Labute approximate surface area is 117 Å². The van der Waals surface area contributed by atoms with E-state index in [9.17, 15) is 22.4 Å². The van der Waals surface area contributed by atoms with E-state index in [0.717, 1.165) is 12.1 Å². The summed E-state index contributed by atoms with van der Waals surface area (Å²) in [6, 6.07) is 3.26. The number of nitrogens with zero attached hydrogens (tertiary/aromatic N) is 1. The Kier molecular flexibility index (Phi) is 5.96. The highest BCUT2D eigenvalue weighted by Gasteiger charge is 2.21. The van der Waals surface area contributed by atoms with E-state index in [2.05, 4.69) is 9.47 Å². The Bertz CT molecular complexity index is 555. The van der Waals surface area contributed by atoms with Gasteiger partial charge >= 0.3 is 12.6 Å². The lowest BCUT2D eigenvalue weighted by atomic mass is 10.0. The first-order valence-corrected chi connectivity index (χ1v) is 5.84. The molecule has 0 heterocycles. The average Bonchev–Trinajstić information content (AvgIpc) is 2.37. The molecule has 0 saturated carbocycles. The maximum atomic E-state index is 12.9. The molecule has 8 heteroatoms. The van der Waals surface area contributed by atoms with Crippen molar-refractivity contribution in [2.45, 2.75) is 26.4 Å². The summed E-state index contributed by atoms with van der Waals surface area (Å²) in [5.41, 5.74) is -1.45. The first-order valence-electron chi connectivity index (χ1n) is 5.84. The van der Waals surface area contributed by atoms with Gasteiger partial charge in [0.15, 0.2) is 0 Å². The van der Waals surface area contributed by atoms with Gasteiger partial charge in [0.2, 0.25) is 0 Å². The Hall–Kier alpha value is -2.30. The molecule has 21 heavy (non-hydrogen) atoms. The minimum atomic E-state index is -3.28. The normalized spacial score (nSPS) is 10.6. The lowest BCUT2D eigenvalue weighted by molar-refractivity contribution is -0.142. The molecule has 0 radical (unpaired) electrons. The van der Waals surface area contributed by atoms with E-state index in [4.69, 9.17) is 5.26 Å². The predicted octanol–water partition coefficient (Wildman–Crippen LogP) is 3.20. The van der Waals surface area contributed by atoms with Crippen LogP contribution in [0.15, 0.2) is 12.1 Å². The van der Waals surface area contributed by atoms with Gasteiger partial charge in [-0.1, -0.05) is 0 Å². The third kappa shape index (κ3) is 4.63. The number of nitriles is 1. The molecule has 114 valence electrons. The van der Waals surface area contributed by atoms with Crippen molar-refractivity contribution in [1.29, 1.82) is 5.26 Å². The lowest BCUT2D eigenvalue weighted by Gasteiger charge is -2.13. The zero-order chi connectivity index (χ0) is 16.0. The molecule has 0 aromatic heterocycles. The third-order valence-corrected chi connectivity index (χ3v) is 2.41. The van der Waals surface area contributed by atoms with Crippen LogP contribution in [0.1, 0.15) is 30.0 Å². The molecular weight excluding hydrogens is 294 g/mol. The molecule has 0 spiro atoms. The third-order valence-electron chi connectivity index (χ3n) is 2.41. The fourth-order valence-corrected chi connectivity index (χ4v) is 1.66. The summed E-state index contributed by atoms with van der Waals surface area (Å²) in [6.45, 7) is -1.62. The minimum Gasteiger partial charge on any atom is -0.466 e. The van der Waals surface area contributed by atoms with Crippen molar-refractivity contribution in [1.82, 2.24) is 0 Å². The van der Waals surface area contributed by atoms with Gasteiger partial charge in [0.25, 0.3) is 6.43 Å². The quantitative estimate of drug-likeness (QED) is 0.598. The maximum Gasteiger partial charge on any atom is 0.387 e. The molecule has 0 amide bonds. The largest absolute Gasteiger partial charge is 0.466 e. The molecule has 0 aliphatic heterocycles. The van der Waals surface area contributed by atoms with Gasteiger partial charge < -0.3 is 9.47 Å². The van der Waals surface area contributed by atoms with E-state index in [1.165, 1.54) is 6.07 Å². The summed E-state index contributed by atoms with van der Waals surface area (Å²) in [5, 5.41) is 8.82. The zero-order valence-corrected chi connectivity index (χ0v) is 10.9. The molecule has 0 bridgehead atoms. The minimum absolute atomic E-state index is 0.00148. The topological polar surface area (TPSA) is 59.3 Å². The average molecular weight is 305 g/mol.